The van der Waals surface area contributed by atoms with E-state index in [1.54, 1.807) is 24.3 Å². The number of hydrogen-bond acceptors (Lipinski definition) is 5. The topological polar surface area (TPSA) is 70.2 Å². The summed E-state index contributed by atoms with van der Waals surface area (Å²) in [6.45, 7) is 5.24. The van der Waals surface area contributed by atoms with Crippen molar-refractivity contribution in [3.05, 3.63) is 71.0 Å². The van der Waals surface area contributed by atoms with Gasteiger partial charge in [-0.2, -0.15) is 13.2 Å². The van der Waals surface area contributed by atoms with Crippen molar-refractivity contribution in [1.29, 1.82) is 0 Å². The summed E-state index contributed by atoms with van der Waals surface area (Å²) in [5.74, 6) is -0.0344. The summed E-state index contributed by atoms with van der Waals surface area (Å²) >= 11 is 0. The van der Waals surface area contributed by atoms with Gasteiger partial charge in [0.15, 0.2) is 0 Å². The molecule has 33 heavy (non-hydrogen) atoms. The molecule has 0 saturated carbocycles. The number of hydrogen-bond donors (Lipinski definition) is 2. The molecule has 0 spiro atoms. The van der Waals surface area contributed by atoms with E-state index in [2.05, 4.69) is 20.6 Å². The Morgan fingerprint density at radius 2 is 1.58 bits per heavy atom. The third kappa shape index (κ3) is 5.42. The fraction of sp³-hybridized carbons (Fsp3) is 0.292. The Labute approximate surface area is 189 Å². The van der Waals surface area contributed by atoms with Gasteiger partial charge in [-0.05, 0) is 75.2 Å². The Balaban J connectivity index is 1.53. The van der Waals surface area contributed by atoms with Gasteiger partial charge in [0.1, 0.15) is 0 Å². The van der Waals surface area contributed by atoms with Crippen LogP contribution in [0.1, 0.15) is 40.2 Å². The van der Waals surface area contributed by atoms with Gasteiger partial charge >= 0.3 is 6.18 Å². The van der Waals surface area contributed by atoms with Crippen LogP contribution in [0.2, 0.25) is 0 Å². The normalized spacial score (nSPS) is 13.8. The van der Waals surface area contributed by atoms with E-state index >= 15 is 0 Å². The van der Waals surface area contributed by atoms with Crippen molar-refractivity contribution in [2.24, 2.45) is 0 Å². The maximum absolute atomic E-state index is 13.3. The molecule has 1 aromatic heterocycles. The van der Waals surface area contributed by atoms with Crippen LogP contribution in [0.3, 0.4) is 0 Å². The molecule has 2 heterocycles. The summed E-state index contributed by atoms with van der Waals surface area (Å²) in [6.07, 6.45) is -2.56. The van der Waals surface area contributed by atoms with Crippen molar-refractivity contribution in [2.75, 3.05) is 28.6 Å². The fourth-order valence-corrected chi connectivity index (χ4v) is 3.86. The highest BCUT2D eigenvalue weighted by atomic mass is 19.4. The smallest absolute Gasteiger partial charge is 0.370 e. The summed E-state index contributed by atoms with van der Waals surface area (Å²) in [5.41, 5.74) is 2.63. The second-order valence-corrected chi connectivity index (χ2v) is 8.05. The minimum absolute atomic E-state index is 0.155. The number of anilines is 4. The molecule has 1 fully saturated rings. The minimum atomic E-state index is -4.49. The van der Waals surface area contributed by atoms with Crippen LogP contribution >= 0.6 is 0 Å². The SMILES string of the molecule is Cc1cc(C)nc(Nc2ccc(C(=O)Nc3cc(C(F)(F)F)ccc3N3CCCC3)cc2)n1. The van der Waals surface area contributed by atoms with E-state index in [1.165, 1.54) is 6.07 Å². The van der Waals surface area contributed by atoms with Crippen molar-refractivity contribution < 1.29 is 18.0 Å². The highest BCUT2D eigenvalue weighted by molar-refractivity contribution is 6.06. The number of carbonyl (C=O) groups is 1. The standard InChI is InChI=1S/C24H24F3N5O/c1-15-13-16(2)29-23(28-15)30-19-8-5-17(6-9-19)22(33)31-20-14-18(24(25,26)27)7-10-21(20)32-11-3-4-12-32/h5-10,13-14H,3-4,11-12H2,1-2H3,(H,31,33)(H,28,29,30). The molecule has 2 aromatic carbocycles. The number of rotatable bonds is 5. The third-order valence-corrected chi connectivity index (χ3v) is 5.40. The summed E-state index contributed by atoms with van der Waals surface area (Å²) in [5, 5.41) is 5.76. The van der Waals surface area contributed by atoms with Crippen LogP contribution in [0.15, 0.2) is 48.5 Å². The fourth-order valence-electron chi connectivity index (χ4n) is 3.86. The second-order valence-electron chi connectivity index (χ2n) is 8.05. The van der Waals surface area contributed by atoms with Crippen molar-refractivity contribution in [2.45, 2.75) is 32.9 Å². The van der Waals surface area contributed by atoms with Gasteiger partial charge in [0.05, 0.1) is 16.9 Å². The van der Waals surface area contributed by atoms with Gasteiger partial charge in [-0.25, -0.2) is 9.97 Å². The van der Waals surface area contributed by atoms with E-state index in [0.29, 0.717) is 22.9 Å². The van der Waals surface area contributed by atoms with Crippen molar-refractivity contribution in [3.8, 4) is 0 Å². The predicted octanol–water partition coefficient (Wildman–Crippen LogP) is 5.71. The van der Waals surface area contributed by atoms with Crippen molar-refractivity contribution in [1.82, 2.24) is 9.97 Å². The first-order valence-corrected chi connectivity index (χ1v) is 10.7. The Kier molecular flexibility index (Phi) is 6.22. The number of nitrogens with one attached hydrogen (secondary N) is 2. The van der Waals surface area contributed by atoms with Gasteiger partial charge in [-0.1, -0.05) is 0 Å². The molecular weight excluding hydrogens is 431 g/mol. The molecule has 4 rings (SSSR count). The molecule has 2 N–H and O–H groups in total. The van der Waals surface area contributed by atoms with E-state index in [-0.39, 0.29) is 5.69 Å². The Bertz CT molecular complexity index is 1140. The second kappa shape index (κ2) is 9.09. The van der Waals surface area contributed by atoms with Crippen LogP contribution in [0.25, 0.3) is 0 Å². The average molecular weight is 455 g/mol. The molecule has 6 nitrogen and oxygen atoms in total. The first-order chi connectivity index (χ1) is 15.7. The van der Waals surface area contributed by atoms with Gasteiger partial charge in [0, 0.05) is 35.7 Å². The molecule has 9 heteroatoms. The molecule has 3 aromatic rings. The summed E-state index contributed by atoms with van der Waals surface area (Å²) in [6, 6.07) is 11.9. The Morgan fingerprint density at radius 3 is 2.18 bits per heavy atom. The Hall–Kier alpha value is -3.62. The van der Waals surface area contributed by atoms with E-state index in [0.717, 1.165) is 49.5 Å². The number of benzene rings is 2. The van der Waals surface area contributed by atoms with Gasteiger partial charge in [-0.15, -0.1) is 0 Å². The number of carbonyl (C=O) groups excluding carboxylic acids is 1. The highest BCUT2D eigenvalue weighted by Crippen LogP contribution is 2.36. The van der Waals surface area contributed by atoms with Crippen LogP contribution in [-0.4, -0.2) is 29.0 Å². The number of amides is 1. The molecule has 172 valence electrons. The molecule has 0 unspecified atom stereocenters. The van der Waals surface area contributed by atoms with Crippen molar-refractivity contribution >= 4 is 28.9 Å². The van der Waals surface area contributed by atoms with Crippen LogP contribution < -0.4 is 15.5 Å². The van der Waals surface area contributed by atoms with Gasteiger partial charge in [0.25, 0.3) is 5.91 Å². The number of alkyl halides is 3. The van der Waals surface area contributed by atoms with Gasteiger partial charge < -0.3 is 15.5 Å². The molecule has 0 radical (unpaired) electrons. The minimum Gasteiger partial charge on any atom is -0.370 e. The van der Waals surface area contributed by atoms with Gasteiger partial charge in [-0.3, -0.25) is 4.79 Å². The predicted molar refractivity (Wildman–Crippen MR) is 122 cm³/mol. The molecule has 0 bridgehead atoms. The molecule has 0 atom stereocenters. The summed E-state index contributed by atoms with van der Waals surface area (Å²) in [7, 11) is 0. The number of aromatic nitrogens is 2. The Morgan fingerprint density at radius 1 is 0.939 bits per heavy atom. The third-order valence-electron chi connectivity index (χ3n) is 5.40. The molecule has 0 aliphatic carbocycles. The van der Waals surface area contributed by atoms with Gasteiger partial charge in [0.2, 0.25) is 5.95 Å². The largest absolute Gasteiger partial charge is 0.416 e. The van der Waals surface area contributed by atoms with Crippen LogP contribution in [0, 0.1) is 13.8 Å². The zero-order valence-electron chi connectivity index (χ0n) is 18.3. The molecular formula is C24H24F3N5O. The lowest BCUT2D eigenvalue weighted by Crippen LogP contribution is -2.22. The lowest BCUT2D eigenvalue weighted by molar-refractivity contribution is -0.137. The van der Waals surface area contributed by atoms with E-state index in [1.807, 2.05) is 24.8 Å². The molecule has 1 aliphatic heterocycles. The monoisotopic (exact) mass is 455 g/mol. The zero-order valence-corrected chi connectivity index (χ0v) is 18.3. The molecule has 1 aliphatic rings. The number of nitrogens with zero attached hydrogens (tertiary/aromatic N) is 3. The average Bonchev–Trinajstić information content (AvgIpc) is 3.27. The summed E-state index contributed by atoms with van der Waals surface area (Å²) in [4.78, 5) is 23.5. The first kappa shape index (κ1) is 22.6. The lowest BCUT2D eigenvalue weighted by atomic mass is 10.1. The molecule has 1 saturated heterocycles. The zero-order chi connectivity index (χ0) is 23.6. The summed E-state index contributed by atoms with van der Waals surface area (Å²) < 4.78 is 39.8. The highest BCUT2D eigenvalue weighted by Gasteiger charge is 2.32. The first-order valence-electron chi connectivity index (χ1n) is 10.7. The molecule has 1 amide bonds. The number of halogens is 3. The van der Waals surface area contributed by atoms with E-state index < -0.39 is 17.6 Å². The van der Waals surface area contributed by atoms with Crippen LogP contribution in [-0.2, 0) is 6.18 Å². The number of aryl methyl sites for hydroxylation is 2. The van der Waals surface area contributed by atoms with Crippen LogP contribution in [0.4, 0.5) is 36.2 Å². The van der Waals surface area contributed by atoms with Crippen LogP contribution in [0.5, 0.6) is 0 Å². The van der Waals surface area contributed by atoms with E-state index in [9.17, 15) is 18.0 Å². The quantitative estimate of drug-likeness (QED) is 0.516. The maximum Gasteiger partial charge on any atom is 0.416 e. The van der Waals surface area contributed by atoms with Crippen molar-refractivity contribution in [3.63, 3.8) is 0 Å². The lowest BCUT2D eigenvalue weighted by Gasteiger charge is -2.23. The maximum atomic E-state index is 13.3. The van der Waals surface area contributed by atoms with E-state index in [4.69, 9.17) is 0 Å².